The van der Waals surface area contributed by atoms with Gasteiger partial charge in [0.25, 0.3) is 5.56 Å². The van der Waals surface area contributed by atoms with Gasteiger partial charge in [-0.25, -0.2) is 4.98 Å². The first-order valence-electron chi connectivity index (χ1n) is 6.99. The van der Waals surface area contributed by atoms with E-state index in [4.69, 9.17) is 11.6 Å². The number of H-pyrrole nitrogens is 1. The number of anilines is 1. The minimum absolute atomic E-state index is 0.167. The zero-order chi connectivity index (χ0) is 16.3. The Morgan fingerprint density at radius 3 is 2.68 bits per heavy atom. The van der Waals surface area contributed by atoms with Crippen molar-refractivity contribution in [3.8, 4) is 0 Å². The van der Waals surface area contributed by atoms with Gasteiger partial charge in [0.15, 0.2) is 0 Å². The molecule has 0 radical (unpaired) electrons. The van der Waals surface area contributed by atoms with Crippen LogP contribution in [0.1, 0.15) is 29.1 Å². The minimum atomic E-state index is -0.184. The molecule has 6 heteroatoms. The zero-order valence-electron chi connectivity index (χ0n) is 12.8. The van der Waals surface area contributed by atoms with Crippen LogP contribution in [0, 0.1) is 20.8 Å². The van der Waals surface area contributed by atoms with E-state index in [1.165, 1.54) is 0 Å². The van der Waals surface area contributed by atoms with Gasteiger partial charge in [0.05, 0.1) is 0 Å². The van der Waals surface area contributed by atoms with E-state index in [1.807, 2.05) is 13.0 Å². The summed E-state index contributed by atoms with van der Waals surface area (Å²) in [5, 5.41) is 3.38. The molecule has 0 saturated carbocycles. The smallest absolute Gasteiger partial charge is 0.254 e. The molecule has 1 aromatic carbocycles. The maximum Gasteiger partial charge on any atom is 0.254 e. The predicted molar refractivity (Wildman–Crippen MR) is 87.5 cm³/mol. The van der Waals surface area contributed by atoms with Crippen molar-refractivity contribution in [2.45, 2.75) is 33.6 Å². The quantitative estimate of drug-likeness (QED) is 0.909. The Morgan fingerprint density at radius 2 is 2.05 bits per heavy atom. The van der Waals surface area contributed by atoms with Gasteiger partial charge in [-0.3, -0.25) is 9.59 Å². The fraction of sp³-hybridized carbons (Fsp3) is 0.312. The molecule has 116 valence electrons. The average Bonchev–Trinajstić information content (AvgIpc) is 2.41. The number of aryl methyl sites for hydroxylation is 3. The van der Waals surface area contributed by atoms with E-state index in [2.05, 4.69) is 15.3 Å². The van der Waals surface area contributed by atoms with Gasteiger partial charge in [-0.1, -0.05) is 17.7 Å². The molecule has 1 aromatic heterocycles. The van der Waals surface area contributed by atoms with Crippen LogP contribution in [-0.4, -0.2) is 15.9 Å². The normalized spacial score (nSPS) is 10.5. The molecule has 0 aliphatic heterocycles. The highest BCUT2D eigenvalue weighted by molar-refractivity contribution is 6.31. The van der Waals surface area contributed by atoms with Gasteiger partial charge >= 0.3 is 0 Å². The highest BCUT2D eigenvalue weighted by atomic mass is 35.5. The molecular weight excluding hydrogens is 302 g/mol. The van der Waals surface area contributed by atoms with E-state index in [0.717, 1.165) is 5.56 Å². The second-order valence-corrected chi connectivity index (χ2v) is 5.63. The number of aromatic amines is 1. The van der Waals surface area contributed by atoms with Gasteiger partial charge in [-0.15, -0.1) is 0 Å². The summed E-state index contributed by atoms with van der Waals surface area (Å²) in [6, 6.07) is 5.35. The van der Waals surface area contributed by atoms with Gasteiger partial charge < -0.3 is 10.3 Å². The Balaban J connectivity index is 2.01. The van der Waals surface area contributed by atoms with Gasteiger partial charge in [-0.2, -0.15) is 0 Å². The minimum Gasteiger partial charge on any atom is -0.326 e. The van der Waals surface area contributed by atoms with E-state index in [9.17, 15) is 9.59 Å². The van der Waals surface area contributed by atoms with Crippen molar-refractivity contribution < 1.29 is 4.79 Å². The third-order valence-corrected chi connectivity index (χ3v) is 3.81. The summed E-state index contributed by atoms with van der Waals surface area (Å²) in [7, 11) is 0. The Labute approximate surface area is 133 Å². The van der Waals surface area contributed by atoms with Crippen LogP contribution >= 0.6 is 11.6 Å². The molecule has 1 heterocycles. The van der Waals surface area contributed by atoms with Crippen molar-refractivity contribution in [2.75, 3.05) is 5.32 Å². The van der Waals surface area contributed by atoms with E-state index >= 15 is 0 Å². The number of nitrogens with one attached hydrogen (secondary N) is 2. The van der Waals surface area contributed by atoms with Crippen LogP contribution in [0.2, 0.25) is 5.02 Å². The number of carbonyl (C=O) groups is 1. The Bertz CT molecular complexity index is 768. The standard InChI is InChI=1S/C16H18ClN3O2/c1-9-4-5-12(8-14(9)17)20-15(21)7-6-13-10(2)18-11(3)19-16(13)22/h4-5,8H,6-7H2,1-3H3,(H,20,21)(H,18,19,22). The molecule has 5 nitrogen and oxygen atoms in total. The van der Waals surface area contributed by atoms with Crippen LogP contribution in [0.4, 0.5) is 5.69 Å². The highest BCUT2D eigenvalue weighted by Crippen LogP contribution is 2.20. The molecule has 2 aromatic rings. The van der Waals surface area contributed by atoms with E-state index in [-0.39, 0.29) is 17.9 Å². The topological polar surface area (TPSA) is 74.8 Å². The molecule has 0 saturated heterocycles. The third-order valence-electron chi connectivity index (χ3n) is 3.40. The first-order valence-corrected chi connectivity index (χ1v) is 7.37. The third kappa shape index (κ3) is 3.95. The van der Waals surface area contributed by atoms with Gasteiger partial charge in [-0.05, 0) is 44.9 Å². The summed E-state index contributed by atoms with van der Waals surface area (Å²) in [4.78, 5) is 30.7. The number of aromatic nitrogens is 2. The molecule has 0 unspecified atom stereocenters. The second-order valence-electron chi connectivity index (χ2n) is 5.23. The maximum atomic E-state index is 12.0. The Hall–Kier alpha value is -2.14. The average molecular weight is 320 g/mol. The van der Waals surface area contributed by atoms with Crippen LogP contribution in [0.3, 0.4) is 0 Å². The summed E-state index contributed by atoms with van der Waals surface area (Å²) in [6.07, 6.45) is 0.556. The Kier molecular flexibility index (Phi) is 4.98. The summed E-state index contributed by atoms with van der Waals surface area (Å²) in [6.45, 7) is 5.40. The monoisotopic (exact) mass is 319 g/mol. The summed E-state index contributed by atoms with van der Waals surface area (Å²) in [5.41, 5.74) is 2.62. The van der Waals surface area contributed by atoms with Crippen LogP contribution < -0.4 is 10.9 Å². The van der Waals surface area contributed by atoms with Crippen molar-refractivity contribution in [1.82, 2.24) is 9.97 Å². The lowest BCUT2D eigenvalue weighted by molar-refractivity contribution is -0.116. The molecule has 0 aliphatic carbocycles. The lowest BCUT2D eigenvalue weighted by atomic mass is 10.1. The van der Waals surface area contributed by atoms with Crippen LogP contribution in [-0.2, 0) is 11.2 Å². The molecule has 0 spiro atoms. The SMILES string of the molecule is Cc1nc(C)c(CCC(=O)Nc2ccc(C)c(Cl)c2)c(=O)[nH]1. The first kappa shape index (κ1) is 16.2. The highest BCUT2D eigenvalue weighted by Gasteiger charge is 2.10. The number of hydrogen-bond acceptors (Lipinski definition) is 3. The molecule has 0 atom stereocenters. The number of halogens is 1. The fourth-order valence-electron chi connectivity index (χ4n) is 2.18. The number of nitrogens with zero attached hydrogens (tertiary/aromatic N) is 1. The molecule has 0 aliphatic rings. The van der Waals surface area contributed by atoms with Crippen molar-refractivity contribution in [3.05, 3.63) is 56.2 Å². The number of benzene rings is 1. The summed E-state index contributed by atoms with van der Waals surface area (Å²) >= 11 is 6.02. The largest absolute Gasteiger partial charge is 0.326 e. The van der Waals surface area contributed by atoms with Gasteiger partial charge in [0, 0.05) is 28.4 Å². The zero-order valence-corrected chi connectivity index (χ0v) is 13.5. The predicted octanol–water partition coefficient (Wildman–Crippen LogP) is 2.92. The maximum absolute atomic E-state index is 12.0. The van der Waals surface area contributed by atoms with Crippen molar-refractivity contribution in [2.24, 2.45) is 0 Å². The molecule has 2 rings (SSSR count). The fourth-order valence-corrected chi connectivity index (χ4v) is 2.36. The first-order chi connectivity index (χ1) is 10.4. The molecular formula is C16H18ClN3O2. The lowest BCUT2D eigenvalue weighted by Crippen LogP contribution is -2.20. The Morgan fingerprint density at radius 1 is 1.32 bits per heavy atom. The van der Waals surface area contributed by atoms with Crippen molar-refractivity contribution in [1.29, 1.82) is 0 Å². The van der Waals surface area contributed by atoms with Crippen LogP contribution in [0.25, 0.3) is 0 Å². The molecule has 22 heavy (non-hydrogen) atoms. The van der Waals surface area contributed by atoms with Crippen molar-refractivity contribution >= 4 is 23.2 Å². The van der Waals surface area contributed by atoms with Crippen LogP contribution in [0.15, 0.2) is 23.0 Å². The van der Waals surface area contributed by atoms with Gasteiger partial charge in [0.2, 0.25) is 5.91 Å². The number of rotatable bonds is 4. The van der Waals surface area contributed by atoms with E-state index < -0.39 is 0 Å². The van der Waals surface area contributed by atoms with E-state index in [1.54, 1.807) is 26.0 Å². The summed E-state index contributed by atoms with van der Waals surface area (Å²) in [5.74, 6) is 0.407. The van der Waals surface area contributed by atoms with Crippen LogP contribution in [0.5, 0.6) is 0 Å². The molecule has 0 fully saturated rings. The molecule has 1 amide bonds. The number of carbonyl (C=O) groups excluding carboxylic acids is 1. The van der Waals surface area contributed by atoms with Gasteiger partial charge in [0.1, 0.15) is 5.82 Å². The van der Waals surface area contributed by atoms with E-state index in [0.29, 0.717) is 34.2 Å². The lowest BCUT2D eigenvalue weighted by Gasteiger charge is -2.08. The molecule has 0 bridgehead atoms. The van der Waals surface area contributed by atoms with Crippen molar-refractivity contribution in [3.63, 3.8) is 0 Å². The second kappa shape index (κ2) is 6.75. The molecule has 2 N–H and O–H groups in total. The number of amides is 1. The number of hydrogen-bond donors (Lipinski definition) is 2. The summed E-state index contributed by atoms with van der Waals surface area (Å²) < 4.78 is 0.